The third-order valence-corrected chi connectivity index (χ3v) is 4.43. The van der Waals surface area contributed by atoms with Gasteiger partial charge in [0.05, 0.1) is 5.56 Å². The van der Waals surface area contributed by atoms with E-state index in [1.165, 1.54) is 0 Å². The van der Waals surface area contributed by atoms with E-state index in [1.54, 1.807) is 17.0 Å². The van der Waals surface area contributed by atoms with Gasteiger partial charge in [-0.25, -0.2) is 0 Å². The van der Waals surface area contributed by atoms with Gasteiger partial charge in [0.1, 0.15) is 0 Å². The molecule has 1 saturated heterocycles. The van der Waals surface area contributed by atoms with Crippen molar-refractivity contribution in [3.05, 3.63) is 59.7 Å². The number of piperazine rings is 1. The van der Waals surface area contributed by atoms with Gasteiger partial charge in [0.25, 0.3) is 5.91 Å². The molecule has 5 nitrogen and oxygen atoms in total. The fourth-order valence-electron chi connectivity index (χ4n) is 2.85. The number of nitrogens with one attached hydrogen (secondary N) is 1. The highest BCUT2D eigenvalue weighted by atomic mass is 19.4. The molecule has 1 aliphatic heterocycles. The van der Waals surface area contributed by atoms with E-state index in [2.05, 4.69) is 10.2 Å². The molecule has 2 amide bonds. The smallest absolute Gasteiger partial charge is 0.368 e. The molecule has 142 valence electrons. The Morgan fingerprint density at radius 2 is 1.52 bits per heavy atom. The van der Waals surface area contributed by atoms with Gasteiger partial charge in [0, 0.05) is 43.1 Å². The molecule has 1 heterocycles. The van der Waals surface area contributed by atoms with Gasteiger partial charge in [-0.15, -0.1) is 0 Å². The Labute approximate surface area is 154 Å². The second kappa shape index (κ2) is 7.69. The first-order valence-corrected chi connectivity index (χ1v) is 8.40. The van der Waals surface area contributed by atoms with Crippen molar-refractivity contribution in [1.29, 1.82) is 0 Å². The largest absolute Gasteiger partial charge is 0.416 e. The lowest BCUT2D eigenvalue weighted by Gasteiger charge is -2.34. The number of alkyl halides is 3. The maximum absolute atomic E-state index is 12.6. The number of anilines is 2. The van der Waals surface area contributed by atoms with Crippen LogP contribution in [0.1, 0.15) is 15.9 Å². The van der Waals surface area contributed by atoms with Gasteiger partial charge >= 0.3 is 6.18 Å². The van der Waals surface area contributed by atoms with Crippen LogP contribution in [0, 0.1) is 0 Å². The average molecular weight is 377 g/mol. The van der Waals surface area contributed by atoms with Crippen molar-refractivity contribution in [2.75, 3.05) is 36.4 Å². The summed E-state index contributed by atoms with van der Waals surface area (Å²) in [7, 11) is 0. The van der Waals surface area contributed by atoms with Crippen LogP contribution in [0.25, 0.3) is 0 Å². The first kappa shape index (κ1) is 18.8. The van der Waals surface area contributed by atoms with Gasteiger partial charge in [-0.3, -0.25) is 9.59 Å². The fourth-order valence-corrected chi connectivity index (χ4v) is 2.85. The SMILES string of the molecule is O=CN1CCN(c2ccc(NC(=O)c3ccc(C(F)(F)F)cc3)cc2)CC1. The topological polar surface area (TPSA) is 52.7 Å². The van der Waals surface area contributed by atoms with Gasteiger partial charge in [-0.1, -0.05) is 0 Å². The number of hydrogen-bond acceptors (Lipinski definition) is 3. The molecule has 0 bridgehead atoms. The normalized spacial score (nSPS) is 14.8. The minimum atomic E-state index is -4.43. The lowest BCUT2D eigenvalue weighted by molar-refractivity contribution is -0.137. The highest BCUT2D eigenvalue weighted by molar-refractivity contribution is 6.04. The minimum Gasteiger partial charge on any atom is -0.368 e. The summed E-state index contributed by atoms with van der Waals surface area (Å²) in [5, 5.41) is 2.67. The van der Waals surface area contributed by atoms with Crippen LogP contribution in [0.3, 0.4) is 0 Å². The van der Waals surface area contributed by atoms with Crippen molar-refractivity contribution >= 4 is 23.7 Å². The van der Waals surface area contributed by atoms with Crippen molar-refractivity contribution in [1.82, 2.24) is 4.90 Å². The monoisotopic (exact) mass is 377 g/mol. The van der Waals surface area contributed by atoms with Crippen molar-refractivity contribution in [2.45, 2.75) is 6.18 Å². The maximum Gasteiger partial charge on any atom is 0.416 e. The summed E-state index contributed by atoms with van der Waals surface area (Å²) < 4.78 is 37.7. The first-order valence-electron chi connectivity index (χ1n) is 8.40. The van der Waals surface area contributed by atoms with E-state index in [-0.39, 0.29) is 5.56 Å². The number of carbonyl (C=O) groups excluding carboxylic acids is 2. The van der Waals surface area contributed by atoms with Crippen molar-refractivity contribution < 1.29 is 22.8 Å². The summed E-state index contributed by atoms with van der Waals surface area (Å²) in [4.78, 5) is 26.8. The van der Waals surface area contributed by atoms with E-state index in [9.17, 15) is 22.8 Å². The molecule has 1 fully saturated rings. The standard InChI is InChI=1S/C19H18F3N3O2/c20-19(21,22)15-3-1-14(2-4-15)18(27)23-16-5-7-17(8-6-16)25-11-9-24(13-26)10-12-25/h1-8,13H,9-12H2,(H,23,27). The van der Waals surface area contributed by atoms with E-state index in [0.717, 1.165) is 49.5 Å². The number of hydrogen-bond donors (Lipinski definition) is 1. The highest BCUT2D eigenvalue weighted by Gasteiger charge is 2.30. The van der Waals surface area contributed by atoms with Crippen molar-refractivity contribution in [3.63, 3.8) is 0 Å². The molecule has 2 aromatic carbocycles. The average Bonchev–Trinajstić information content (AvgIpc) is 2.68. The zero-order valence-electron chi connectivity index (χ0n) is 14.4. The molecule has 3 rings (SSSR count). The highest BCUT2D eigenvalue weighted by Crippen LogP contribution is 2.29. The number of amides is 2. The molecule has 1 N–H and O–H groups in total. The molecule has 0 radical (unpaired) electrons. The van der Waals surface area contributed by atoms with Gasteiger partial charge in [0.2, 0.25) is 6.41 Å². The van der Waals surface area contributed by atoms with E-state index < -0.39 is 17.6 Å². The minimum absolute atomic E-state index is 0.150. The van der Waals surface area contributed by atoms with E-state index in [1.807, 2.05) is 12.1 Å². The Hall–Kier alpha value is -3.03. The number of benzene rings is 2. The number of halogens is 3. The second-order valence-electron chi connectivity index (χ2n) is 6.20. The Bertz CT molecular complexity index is 796. The molecule has 1 aliphatic rings. The van der Waals surface area contributed by atoms with Crippen molar-refractivity contribution in [3.8, 4) is 0 Å². The molecule has 0 aromatic heterocycles. The maximum atomic E-state index is 12.6. The van der Waals surface area contributed by atoms with E-state index in [4.69, 9.17) is 0 Å². The summed E-state index contributed by atoms with van der Waals surface area (Å²) in [6, 6.07) is 11.3. The third kappa shape index (κ3) is 4.58. The van der Waals surface area contributed by atoms with Crippen LogP contribution in [0.2, 0.25) is 0 Å². The van der Waals surface area contributed by atoms with Gasteiger partial charge in [0.15, 0.2) is 0 Å². The predicted molar refractivity (Wildman–Crippen MR) is 95.7 cm³/mol. The van der Waals surface area contributed by atoms with Crippen LogP contribution in [-0.4, -0.2) is 43.4 Å². The van der Waals surface area contributed by atoms with Crippen LogP contribution in [0.4, 0.5) is 24.5 Å². The molecule has 2 aromatic rings. The van der Waals surface area contributed by atoms with Crippen molar-refractivity contribution in [2.24, 2.45) is 0 Å². The van der Waals surface area contributed by atoms with Crippen LogP contribution in [-0.2, 0) is 11.0 Å². The van der Waals surface area contributed by atoms with Crippen LogP contribution in [0.15, 0.2) is 48.5 Å². The number of rotatable bonds is 4. The molecule has 0 spiro atoms. The van der Waals surface area contributed by atoms with Crippen LogP contribution in [0.5, 0.6) is 0 Å². The molecule has 0 unspecified atom stereocenters. The quantitative estimate of drug-likeness (QED) is 0.833. The zero-order chi connectivity index (χ0) is 19.4. The molecular weight excluding hydrogens is 359 g/mol. The molecule has 0 aliphatic carbocycles. The predicted octanol–water partition coefficient (Wildman–Crippen LogP) is 3.24. The molecule has 8 heteroatoms. The summed E-state index contributed by atoms with van der Waals surface area (Å²) in [6.45, 7) is 2.79. The Morgan fingerprint density at radius 1 is 0.926 bits per heavy atom. The Morgan fingerprint density at radius 3 is 2.04 bits per heavy atom. The molecule has 27 heavy (non-hydrogen) atoms. The van der Waals surface area contributed by atoms with Crippen LogP contribution < -0.4 is 10.2 Å². The molecular formula is C19H18F3N3O2. The first-order chi connectivity index (χ1) is 12.9. The molecule has 0 atom stereocenters. The zero-order valence-corrected chi connectivity index (χ0v) is 14.4. The van der Waals surface area contributed by atoms with Gasteiger partial charge < -0.3 is 15.1 Å². The van der Waals surface area contributed by atoms with Gasteiger partial charge in [-0.2, -0.15) is 13.2 Å². The lowest BCUT2D eigenvalue weighted by Crippen LogP contribution is -2.45. The number of carbonyl (C=O) groups is 2. The lowest BCUT2D eigenvalue weighted by atomic mass is 10.1. The Balaban J connectivity index is 1.61. The van der Waals surface area contributed by atoms with Crippen LogP contribution >= 0.6 is 0 Å². The van der Waals surface area contributed by atoms with E-state index >= 15 is 0 Å². The molecule has 0 saturated carbocycles. The Kier molecular flexibility index (Phi) is 5.34. The summed E-state index contributed by atoms with van der Waals surface area (Å²) in [5.41, 5.74) is 0.887. The summed E-state index contributed by atoms with van der Waals surface area (Å²) >= 11 is 0. The number of nitrogens with zero attached hydrogens (tertiary/aromatic N) is 2. The second-order valence-corrected chi connectivity index (χ2v) is 6.20. The summed E-state index contributed by atoms with van der Waals surface area (Å²) in [6.07, 6.45) is -3.58. The fraction of sp³-hybridized carbons (Fsp3) is 0.263. The third-order valence-electron chi connectivity index (χ3n) is 4.43. The summed E-state index contributed by atoms with van der Waals surface area (Å²) in [5.74, 6) is -0.476. The van der Waals surface area contributed by atoms with Gasteiger partial charge in [-0.05, 0) is 48.5 Å². The van der Waals surface area contributed by atoms with E-state index in [0.29, 0.717) is 18.8 Å².